The van der Waals surface area contributed by atoms with E-state index in [4.69, 9.17) is 11.6 Å². The minimum atomic E-state index is 0.541. The van der Waals surface area contributed by atoms with Gasteiger partial charge in [-0.1, -0.05) is 23.7 Å². The van der Waals surface area contributed by atoms with Gasteiger partial charge in [-0.15, -0.1) is 11.3 Å². The summed E-state index contributed by atoms with van der Waals surface area (Å²) in [6, 6.07) is 11.4. The fourth-order valence-electron chi connectivity index (χ4n) is 1.87. The Labute approximate surface area is 132 Å². The Balaban J connectivity index is 2.14. The molecule has 3 rings (SSSR count). The lowest BCUT2D eigenvalue weighted by Crippen LogP contribution is -1.95. The van der Waals surface area contributed by atoms with E-state index in [1.165, 1.54) is 11.3 Å². The summed E-state index contributed by atoms with van der Waals surface area (Å²) in [5.41, 5.74) is 2.07. The van der Waals surface area contributed by atoms with Crippen molar-refractivity contribution in [3.8, 4) is 16.3 Å². The van der Waals surface area contributed by atoms with E-state index in [-0.39, 0.29) is 0 Å². The molecule has 0 N–H and O–H groups in total. The molecule has 0 aliphatic carbocycles. The third-order valence-corrected chi connectivity index (χ3v) is 4.68. The van der Waals surface area contributed by atoms with Crippen LogP contribution in [0.3, 0.4) is 0 Å². The second-order valence-corrected chi connectivity index (χ2v) is 6.62. The van der Waals surface area contributed by atoms with Crippen molar-refractivity contribution in [2.24, 2.45) is 0 Å². The zero-order valence-electron chi connectivity index (χ0n) is 10.1. The lowest BCUT2D eigenvalue weighted by Gasteiger charge is -2.03. The Morgan fingerprint density at radius 1 is 1.25 bits per heavy atom. The smallest absolute Gasteiger partial charge is 0.153 e. The minimum Gasteiger partial charge on any atom is -0.298 e. The number of carbonyl (C=O) groups excluding carboxylic acids is 1. The van der Waals surface area contributed by atoms with Gasteiger partial charge in [0.1, 0.15) is 5.69 Å². The number of benzene rings is 1. The van der Waals surface area contributed by atoms with Gasteiger partial charge in [0.2, 0.25) is 0 Å². The zero-order valence-corrected chi connectivity index (χ0v) is 13.2. The van der Waals surface area contributed by atoms with Crippen LogP contribution in [0.5, 0.6) is 0 Å². The minimum absolute atomic E-state index is 0.541. The van der Waals surface area contributed by atoms with Crippen LogP contribution < -0.4 is 0 Å². The van der Waals surface area contributed by atoms with E-state index in [9.17, 15) is 4.79 Å². The van der Waals surface area contributed by atoms with Gasteiger partial charge in [0, 0.05) is 10.7 Å². The first-order chi connectivity index (χ1) is 9.69. The highest BCUT2D eigenvalue weighted by Crippen LogP contribution is 2.32. The second-order valence-electron chi connectivity index (χ2n) is 4.05. The first-order valence-corrected chi connectivity index (χ1v) is 7.73. The van der Waals surface area contributed by atoms with Crippen molar-refractivity contribution in [2.75, 3.05) is 0 Å². The molecule has 0 atom stereocenters. The summed E-state index contributed by atoms with van der Waals surface area (Å²) in [5, 5.41) is 4.50. The van der Waals surface area contributed by atoms with Gasteiger partial charge < -0.3 is 0 Å². The van der Waals surface area contributed by atoms with Crippen LogP contribution in [0.2, 0.25) is 4.34 Å². The predicted octanol–water partition coefficient (Wildman–Crippen LogP) is 4.83. The molecule has 3 nitrogen and oxygen atoms in total. The van der Waals surface area contributed by atoms with Gasteiger partial charge in [0.05, 0.1) is 20.5 Å². The molecule has 0 radical (unpaired) electrons. The van der Waals surface area contributed by atoms with Crippen LogP contribution in [-0.4, -0.2) is 16.1 Å². The van der Waals surface area contributed by atoms with Gasteiger partial charge in [0.15, 0.2) is 6.29 Å². The fourth-order valence-corrected chi connectivity index (χ4v) is 3.38. The number of halogens is 2. The monoisotopic (exact) mass is 366 g/mol. The summed E-state index contributed by atoms with van der Waals surface area (Å²) in [5.74, 6) is 0. The summed E-state index contributed by atoms with van der Waals surface area (Å²) < 4.78 is 3.28. The van der Waals surface area contributed by atoms with Gasteiger partial charge in [-0.3, -0.25) is 4.79 Å². The number of hydrogen-bond acceptors (Lipinski definition) is 3. The molecule has 6 heteroatoms. The molecule has 0 aliphatic heterocycles. The second kappa shape index (κ2) is 5.52. The van der Waals surface area contributed by atoms with Crippen LogP contribution in [-0.2, 0) is 0 Å². The quantitative estimate of drug-likeness (QED) is 0.622. The van der Waals surface area contributed by atoms with Gasteiger partial charge in [-0.25, -0.2) is 4.68 Å². The van der Waals surface area contributed by atoms with E-state index >= 15 is 0 Å². The number of aldehydes is 1. The number of thiophene rings is 1. The Morgan fingerprint density at radius 3 is 2.70 bits per heavy atom. The van der Waals surface area contributed by atoms with Crippen molar-refractivity contribution in [1.82, 2.24) is 9.78 Å². The van der Waals surface area contributed by atoms with Gasteiger partial charge in [0.25, 0.3) is 0 Å². The number of para-hydroxylation sites is 1. The molecule has 0 saturated heterocycles. The van der Waals surface area contributed by atoms with E-state index in [1.54, 1.807) is 16.9 Å². The van der Waals surface area contributed by atoms with Crippen LogP contribution in [0.1, 0.15) is 10.4 Å². The van der Waals surface area contributed by atoms with E-state index in [0.29, 0.717) is 15.6 Å². The zero-order chi connectivity index (χ0) is 14.1. The van der Waals surface area contributed by atoms with Crippen molar-refractivity contribution in [3.63, 3.8) is 0 Å². The highest BCUT2D eigenvalue weighted by atomic mass is 79.9. The highest BCUT2D eigenvalue weighted by molar-refractivity contribution is 9.10. The summed E-state index contributed by atoms with van der Waals surface area (Å²) in [7, 11) is 0. The van der Waals surface area contributed by atoms with Gasteiger partial charge in [-0.05, 0) is 40.2 Å². The summed E-state index contributed by atoms with van der Waals surface area (Å²) in [4.78, 5) is 12.1. The van der Waals surface area contributed by atoms with Crippen LogP contribution in [0.4, 0.5) is 0 Å². The normalized spacial score (nSPS) is 10.7. The lowest BCUT2D eigenvalue weighted by molar-refractivity contribution is 0.112. The number of rotatable bonds is 3. The summed E-state index contributed by atoms with van der Waals surface area (Å²) >= 11 is 10.8. The first-order valence-electron chi connectivity index (χ1n) is 5.74. The van der Waals surface area contributed by atoms with E-state index < -0.39 is 0 Å². The van der Waals surface area contributed by atoms with Gasteiger partial charge >= 0.3 is 0 Å². The molecule has 0 amide bonds. The van der Waals surface area contributed by atoms with Crippen LogP contribution >= 0.6 is 38.9 Å². The molecule has 0 saturated carbocycles. The number of hydrogen-bond donors (Lipinski definition) is 0. The standard InChI is InChI=1S/C14H8BrClN2OS/c15-10-3-1-2-4-11(10)18-7-9(8-19)14(17-18)12-5-6-13(16)20-12/h1-8H. The predicted molar refractivity (Wildman–Crippen MR) is 85.0 cm³/mol. The molecule has 0 spiro atoms. The van der Waals surface area contributed by atoms with Gasteiger partial charge in [-0.2, -0.15) is 5.10 Å². The number of carbonyl (C=O) groups is 1. The molecule has 0 unspecified atom stereocenters. The molecular weight excluding hydrogens is 360 g/mol. The number of nitrogens with zero attached hydrogens (tertiary/aromatic N) is 2. The molecule has 0 bridgehead atoms. The van der Waals surface area contributed by atoms with Crippen molar-refractivity contribution in [2.45, 2.75) is 0 Å². The van der Waals surface area contributed by atoms with Crippen LogP contribution in [0.15, 0.2) is 47.1 Å². The highest BCUT2D eigenvalue weighted by Gasteiger charge is 2.14. The molecule has 1 aromatic carbocycles. The first kappa shape index (κ1) is 13.5. The van der Waals surface area contributed by atoms with Crippen LogP contribution in [0.25, 0.3) is 16.3 Å². The molecular formula is C14H8BrClN2OS. The largest absolute Gasteiger partial charge is 0.298 e. The fraction of sp³-hybridized carbons (Fsp3) is 0. The lowest BCUT2D eigenvalue weighted by atomic mass is 10.2. The van der Waals surface area contributed by atoms with Crippen LogP contribution in [0, 0.1) is 0 Å². The maximum Gasteiger partial charge on any atom is 0.153 e. The van der Waals surface area contributed by atoms with E-state index in [1.807, 2.05) is 30.3 Å². The Morgan fingerprint density at radius 2 is 2.05 bits per heavy atom. The third-order valence-electron chi connectivity index (χ3n) is 2.78. The topological polar surface area (TPSA) is 34.9 Å². The molecule has 0 aliphatic rings. The van der Waals surface area contributed by atoms with E-state index in [2.05, 4.69) is 21.0 Å². The Hall–Kier alpha value is -1.43. The molecule has 0 fully saturated rings. The van der Waals surface area contributed by atoms with Crippen molar-refractivity contribution in [3.05, 3.63) is 57.0 Å². The molecule has 3 aromatic rings. The molecule has 2 aromatic heterocycles. The summed E-state index contributed by atoms with van der Waals surface area (Å²) in [6.45, 7) is 0. The average molecular weight is 368 g/mol. The van der Waals surface area contributed by atoms with Crippen molar-refractivity contribution in [1.29, 1.82) is 0 Å². The summed E-state index contributed by atoms with van der Waals surface area (Å²) in [6.07, 6.45) is 2.53. The molecule has 2 heterocycles. The Bertz CT molecular complexity index is 781. The SMILES string of the molecule is O=Cc1cn(-c2ccccc2Br)nc1-c1ccc(Cl)s1. The molecule has 20 heavy (non-hydrogen) atoms. The maximum atomic E-state index is 11.2. The molecule has 100 valence electrons. The van der Waals surface area contributed by atoms with Crippen molar-refractivity contribution < 1.29 is 4.79 Å². The number of aromatic nitrogens is 2. The third kappa shape index (κ3) is 2.44. The van der Waals surface area contributed by atoms with Crippen molar-refractivity contribution >= 4 is 45.2 Å². The Kier molecular flexibility index (Phi) is 3.74. The average Bonchev–Trinajstić information content (AvgIpc) is 3.05. The maximum absolute atomic E-state index is 11.2. The van der Waals surface area contributed by atoms with E-state index in [0.717, 1.165) is 21.3 Å².